The van der Waals surface area contributed by atoms with Crippen LogP contribution in [0.25, 0.3) is 0 Å². The molecule has 1 aliphatic rings. The SMILES string of the molecule is CCCCCCCC(C)CCc1cc(C(C)C)c2c(c1C)C(=O)CC(CC(CCC)C(CC)C(=O)CC(C)=O)C2. The molecule has 1 aliphatic carbocycles. The number of unbranched alkanes of at least 4 members (excludes halogenated alkanes) is 4. The highest BCUT2D eigenvalue weighted by molar-refractivity contribution is 6.01. The lowest BCUT2D eigenvalue weighted by Gasteiger charge is -2.33. The summed E-state index contributed by atoms with van der Waals surface area (Å²) in [7, 11) is 0. The fourth-order valence-electron chi connectivity index (χ4n) is 7.30. The number of ketones is 3. The van der Waals surface area contributed by atoms with Crippen molar-refractivity contribution in [2.45, 2.75) is 158 Å². The van der Waals surface area contributed by atoms with Crippen molar-refractivity contribution in [3.8, 4) is 0 Å². The smallest absolute Gasteiger partial charge is 0.163 e. The number of aryl methyl sites for hydroxylation is 1. The molecule has 3 nitrogen and oxygen atoms in total. The fourth-order valence-corrected chi connectivity index (χ4v) is 7.30. The molecule has 0 aromatic heterocycles. The third kappa shape index (κ3) is 9.95. The van der Waals surface area contributed by atoms with Crippen molar-refractivity contribution in [1.82, 2.24) is 0 Å². The minimum Gasteiger partial charge on any atom is -0.300 e. The minimum absolute atomic E-state index is 0.0437. The monoisotopic (exact) mass is 552 g/mol. The molecule has 0 saturated heterocycles. The third-order valence-electron chi connectivity index (χ3n) is 9.55. The van der Waals surface area contributed by atoms with Crippen molar-refractivity contribution in [2.75, 3.05) is 0 Å². The van der Waals surface area contributed by atoms with Gasteiger partial charge < -0.3 is 0 Å². The quantitative estimate of drug-likeness (QED) is 0.127. The van der Waals surface area contributed by atoms with Gasteiger partial charge in [0.05, 0.1) is 6.42 Å². The molecular formula is C37H60O3. The summed E-state index contributed by atoms with van der Waals surface area (Å²) in [5.41, 5.74) is 6.23. The van der Waals surface area contributed by atoms with E-state index in [0.29, 0.717) is 24.0 Å². The first-order valence-electron chi connectivity index (χ1n) is 16.7. The maximum Gasteiger partial charge on any atom is 0.163 e. The molecule has 4 atom stereocenters. The van der Waals surface area contributed by atoms with E-state index in [4.69, 9.17) is 0 Å². The fraction of sp³-hybridized carbons (Fsp3) is 0.757. The molecule has 0 bridgehead atoms. The van der Waals surface area contributed by atoms with Crippen molar-refractivity contribution in [1.29, 1.82) is 0 Å². The minimum atomic E-state index is -0.0809. The van der Waals surface area contributed by atoms with E-state index in [2.05, 4.69) is 54.5 Å². The molecule has 2 rings (SSSR count). The summed E-state index contributed by atoms with van der Waals surface area (Å²) < 4.78 is 0. The van der Waals surface area contributed by atoms with Gasteiger partial charge in [-0.25, -0.2) is 0 Å². The highest BCUT2D eigenvalue weighted by Gasteiger charge is 2.34. The number of benzene rings is 1. The van der Waals surface area contributed by atoms with Gasteiger partial charge in [-0.05, 0) is 91.9 Å². The number of carbonyl (C=O) groups is 3. The van der Waals surface area contributed by atoms with Gasteiger partial charge in [-0.3, -0.25) is 14.4 Å². The van der Waals surface area contributed by atoms with Crippen molar-refractivity contribution in [3.63, 3.8) is 0 Å². The van der Waals surface area contributed by atoms with Gasteiger partial charge in [0.25, 0.3) is 0 Å². The largest absolute Gasteiger partial charge is 0.300 e. The highest BCUT2D eigenvalue weighted by Crippen LogP contribution is 2.40. The van der Waals surface area contributed by atoms with Crippen LogP contribution in [-0.4, -0.2) is 17.3 Å². The summed E-state index contributed by atoms with van der Waals surface area (Å²) in [6.45, 7) is 17.1. The summed E-state index contributed by atoms with van der Waals surface area (Å²) in [6.07, 6.45) is 15.5. The summed E-state index contributed by atoms with van der Waals surface area (Å²) in [4.78, 5) is 38.4. The molecule has 0 amide bonds. The molecule has 0 spiro atoms. The molecular weight excluding hydrogens is 492 g/mol. The molecule has 4 unspecified atom stereocenters. The second kappa shape index (κ2) is 17.2. The normalized spacial score (nSPS) is 17.5. The zero-order chi connectivity index (χ0) is 29.8. The second-order valence-electron chi connectivity index (χ2n) is 13.4. The number of hydrogen-bond acceptors (Lipinski definition) is 3. The van der Waals surface area contributed by atoms with Crippen molar-refractivity contribution < 1.29 is 14.4 Å². The van der Waals surface area contributed by atoms with Crippen molar-refractivity contribution >= 4 is 17.3 Å². The first kappa shape index (κ1) is 34.4. The van der Waals surface area contributed by atoms with E-state index in [9.17, 15) is 14.4 Å². The number of hydrogen-bond donors (Lipinski definition) is 0. The van der Waals surface area contributed by atoms with E-state index in [1.807, 2.05) is 0 Å². The van der Waals surface area contributed by atoms with E-state index in [0.717, 1.165) is 44.1 Å². The van der Waals surface area contributed by atoms with Gasteiger partial charge in [-0.2, -0.15) is 0 Å². The lowest BCUT2D eigenvalue weighted by molar-refractivity contribution is -0.129. The predicted molar refractivity (Wildman–Crippen MR) is 169 cm³/mol. The number of Topliss-reactive ketones (excluding diaryl/α,β-unsaturated/α-hetero) is 3. The maximum absolute atomic E-state index is 13.8. The van der Waals surface area contributed by atoms with Crippen LogP contribution in [0.15, 0.2) is 6.07 Å². The number of fused-ring (bicyclic) bond motifs is 1. The standard InChI is InChI=1S/C37H60O3/c1-9-12-13-14-15-17-26(6)18-19-30-24-33(25(4)5)34-22-29(23-36(40)37(34)28(30)8)21-31(16-10-2)32(11-3)35(39)20-27(7)38/h24-26,29,31-32H,9-23H2,1-8H3. The van der Waals surface area contributed by atoms with Gasteiger partial charge in [-0.1, -0.05) is 99.0 Å². The summed E-state index contributed by atoms with van der Waals surface area (Å²) in [6, 6.07) is 2.43. The van der Waals surface area contributed by atoms with E-state index in [-0.39, 0.29) is 35.7 Å². The molecule has 3 heteroatoms. The average Bonchev–Trinajstić information content (AvgIpc) is 2.87. The maximum atomic E-state index is 13.8. The first-order chi connectivity index (χ1) is 19.0. The van der Waals surface area contributed by atoms with Gasteiger partial charge in [0.15, 0.2) is 5.78 Å². The van der Waals surface area contributed by atoms with Crippen LogP contribution in [0.2, 0.25) is 0 Å². The predicted octanol–water partition coefficient (Wildman–Crippen LogP) is 10.2. The van der Waals surface area contributed by atoms with Crippen LogP contribution in [0.3, 0.4) is 0 Å². The van der Waals surface area contributed by atoms with Crippen LogP contribution in [0.4, 0.5) is 0 Å². The van der Waals surface area contributed by atoms with E-state index < -0.39 is 0 Å². The van der Waals surface area contributed by atoms with E-state index in [1.165, 1.54) is 74.1 Å². The van der Waals surface area contributed by atoms with Gasteiger partial charge in [-0.15, -0.1) is 0 Å². The van der Waals surface area contributed by atoms with Crippen LogP contribution in [0.1, 0.15) is 170 Å². The molecule has 0 saturated carbocycles. The van der Waals surface area contributed by atoms with Gasteiger partial charge in [0, 0.05) is 17.9 Å². The Morgan fingerprint density at radius 2 is 1.62 bits per heavy atom. The Hall–Kier alpha value is -1.77. The van der Waals surface area contributed by atoms with Crippen LogP contribution in [-0.2, 0) is 22.4 Å². The molecule has 40 heavy (non-hydrogen) atoms. The number of rotatable bonds is 19. The van der Waals surface area contributed by atoms with Gasteiger partial charge >= 0.3 is 0 Å². The first-order valence-corrected chi connectivity index (χ1v) is 16.7. The molecule has 0 fully saturated rings. The molecule has 0 N–H and O–H groups in total. The van der Waals surface area contributed by atoms with E-state index in [1.54, 1.807) is 0 Å². The Labute approximate surface area is 246 Å². The molecule has 226 valence electrons. The zero-order valence-electron chi connectivity index (χ0n) is 27.3. The zero-order valence-corrected chi connectivity index (χ0v) is 27.3. The lowest BCUT2D eigenvalue weighted by Crippen LogP contribution is -2.30. The Balaban J connectivity index is 2.22. The van der Waals surface area contributed by atoms with Crippen LogP contribution in [0, 0.1) is 30.6 Å². The summed E-state index contributed by atoms with van der Waals surface area (Å²) in [5.74, 6) is 1.87. The van der Waals surface area contributed by atoms with Crippen LogP contribution >= 0.6 is 0 Å². The molecule has 0 aliphatic heterocycles. The average molecular weight is 553 g/mol. The van der Waals surface area contributed by atoms with Crippen LogP contribution < -0.4 is 0 Å². The van der Waals surface area contributed by atoms with Crippen molar-refractivity contribution in [2.24, 2.45) is 23.7 Å². The number of carbonyl (C=O) groups excluding carboxylic acids is 3. The molecule has 1 aromatic rings. The Bertz CT molecular complexity index is 972. The van der Waals surface area contributed by atoms with Crippen LogP contribution in [0.5, 0.6) is 0 Å². The highest BCUT2D eigenvalue weighted by atomic mass is 16.1. The topological polar surface area (TPSA) is 51.2 Å². The second-order valence-corrected chi connectivity index (χ2v) is 13.4. The lowest BCUT2D eigenvalue weighted by atomic mass is 9.70. The van der Waals surface area contributed by atoms with E-state index >= 15 is 0 Å². The Morgan fingerprint density at radius 3 is 2.23 bits per heavy atom. The summed E-state index contributed by atoms with van der Waals surface area (Å²) >= 11 is 0. The molecule has 0 radical (unpaired) electrons. The third-order valence-corrected chi connectivity index (χ3v) is 9.55. The molecule has 1 aromatic carbocycles. The van der Waals surface area contributed by atoms with Gasteiger partial charge in [0.2, 0.25) is 0 Å². The Kier molecular flexibility index (Phi) is 14.8. The molecule has 0 heterocycles. The van der Waals surface area contributed by atoms with Crippen molar-refractivity contribution in [3.05, 3.63) is 33.9 Å². The summed E-state index contributed by atoms with van der Waals surface area (Å²) in [5, 5.41) is 0. The Morgan fingerprint density at radius 1 is 0.925 bits per heavy atom. The van der Waals surface area contributed by atoms with Gasteiger partial charge in [0.1, 0.15) is 11.6 Å².